The molecule has 0 bridgehead atoms. The lowest BCUT2D eigenvalue weighted by Crippen LogP contribution is -2.46. The second-order valence-electron chi connectivity index (χ2n) is 7.04. The van der Waals surface area contributed by atoms with E-state index in [1.54, 1.807) is 6.20 Å². The predicted molar refractivity (Wildman–Crippen MR) is 109 cm³/mol. The molecular formula is C21H27N5O. The molecule has 1 aliphatic heterocycles. The number of nitrogen functional groups attached to an aromatic ring is 1. The minimum Gasteiger partial charge on any atom is -0.493 e. The number of piperazine rings is 1. The summed E-state index contributed by atoms with van der Waals surface area (Å²) < 4.78 is 7.72. The van der Waals surface area contributed by atoms with Crippen LogP contribution in [0.25, 0.3) is 5.52 Å². The summed E-state index contributed by atoms with van der Waals surface area (Å²) in [4.78, 5) is 4.96. The van der Waals surface area contributed by atoms with Crippen LogP contribution in [0.4, 0.5) is 11.4 Å². The molecule has 3 heterocycles. The fourth-order valence-corrected chi connectivity index (χ4v) is 3.57. The third-order valence-corrected chi connectivity index (χ3v) is 5.12. The third kappa shape index (κ3) is 4.52. The van der Waals surface area contributed by atoms with E-state index in [4.69, 9.17) is 10.5 Å². The molecule has 0 atom stereocenters. The average Bonchev–Trinajstić information content (AvgIpc) is 3.16. The van der Waals surface area contributed by atoms with Crippen LogP contribution in [-0.4, -0.2) is 53.8 Å². The number of nitrogens with zero attached hydrogens (tertiary/aromatic N) is 4. The molecule has 142 valence electrons. The van der Waals surface area contributed by atoms with Crippen molar-refractivity contribution in [3.63, 3.8) is 0 Å². The van der Waals surface area contributed by atoms with Gasteiger partial charge in [-0.15, -0.1) is 0 Å². The molecule has 6 heteroatoms. The number of anilines is 2. The Kier molecular flexibility index (Phi) is 5.44. The van der Waals surface area contributed by atoms with Gasteiger partial charge >= 0.3 is 0 Å². The number of ether oxygens (including phenoxy) is 1. The quantitative estimate of drug-likeness (QED) is 0.515. The Morgan fingerprint density at radius 2 is 1.89 bits per heavy atom. The largest absolute Gasteiger partial charge is 0.493 e. The molecule has 0 saturated carbocycles. The van der Waals surface area contributed by atoms with Crippen molar-refractivity contribution in [1.29, 1.82) is 0 Å². The number of rotatable bonds is 7. The van der Waals surface area contributed by atoms with Crippen molar-refractivity contribution in [3.8, 4) is 5.75 Å². The maximum atomic E-state index is 5.90. The summed E-state index contributed by atoms with van der Waals surface area (Å²) in [5, 5.41) is 4.20. The number of aromatic nitrogens is 2. The number of benzene rings is 1. The molecule has 1 aliphatic rings. The molecule has 3 aromatic rings. The summed E-state index contributed by atoms with van der Waals surface area (Å²) in [6, 6.07) is 14.2. The zero-order valence-electron chi connectivity index (χ0n) is 15.6. The summed E-state index contributed by atoms with van der Waals surface area (Å²) in [5.74, 6) is 0.916. The van der Waals surface area contributed by atoms with E-state index in [2.05, 4.69) is 27.0 Å². The normalized spacial score (nSPS) is 15.3. The van der Waals surface area contributed by atoms with E-state index in [-0.39, 0.29) is 0 Å². The number of pyridine rings is 1. The second kappa shape index (κ2) is 8.31. The summed E-state index contributed by atoms with van der Waals surface area (Å²) >= 11 is 0. The smallest absolute Gasteiger partial charge is 0.122 e. The first-order valence-electron chi connectivity index (χ1n) is 9.67. The van der Waals surface area contributed by atoms with Gasteiger partial charge in [0.15, 0.2) is 0 Å². The van der Waals surface area contributed by atoms with Gasteiger partial charge in [0, 0.05) is 56.0 Å². The first-order valence-corrected chi connectivity index (χ1v) is 9.67. The van der Waals surface area contributed by atoms with Crippen LogP contribution in [-0.2, 0) is 0 Å². The Balaban J connectivity index is 1.14. The summed E-state index contributed by atoms with van der Waals surface area (Å²) in [7, 11) is 0. The minimum absolute atomic E-state index is 0.758. The second-order valence-corrected chi connectivity index (χ2v) is 7.04. The van der Waals surface area contributed by atoms with E-state index >= 15 is 0 Å². The molecule has 0 aliphatic carbocycles. The Bertz CT molecular complexity index is 870. The minimum atomic E-state index is 0.758. The molecule has 6 nitrogen and oxygen atoms in total. The van der Waals surface area contributed by atoms with Gasteiger partial charge in [-0.2, -0.15) is 5.10 Å². The number of hydrogen-bond donors (Lipinski definition) is 1. The van der Waals surface area contributed by atoms with Crippen LogP contribution in [0.3, 0.4) is 0 Å². The highest BCUT2D eigenvalue weighted by molar-refractivity contribution is 5.56. The number of hydrogen-bond acceptors (Lipinski definition) is 5. The van der Waals surface area contributed by atoms with Crippen LogP contribution in [0.1, 0.15) is 12.8 Å². The first kappa shape index (κ1) is 17.7. The van der Waals surface area contributed by atoms with E-state index in [9.17, 15) is 0 Å². The van der Waals surface area contributed by atoms with Crippen molar-refractivity contribution >= 4 is 16.9 Å². The first-order chi connectivity index (χ1) is 13.3. The van der Waals surface area contributed by atoms with Gasteiger partial charge in [-0.25, -0.2) is 4.52 Å². The van der Waals surface area contributed by atoms with Gasteiger partial charge < -0.3 is 15.4 Å². The topological polar surface area (TPSA) is 59.0 Å². The van der Waals surface area contributed by atoms with Crippen molar-refractivity contribution in [2.75, 3.05) is 50.0 Å². The highest BCUT2D eigenvalue weighted by atomic mass is 16.5. The molecule has 0 spiro atoms. The van der Waals surface area contributed by atoms with E-state index in [0.29, 0.717) is 0 Å². The van der Waals surface area contributed by atoms with Crippen LogP contribution in [0, 0.1) is 0 Å². The van der Waals surface area contributed by atoms with E-state index in [1.165, 1.54) is 5.69 Å². The van der Waals surface area contributed by atoms with Crippen molar-refractivity contribution in [1.82, 2.24) is 14.5 Å². The summed E-state index contributed by atoms with van der Waals surface area (Å²) in [6.07, 6.45) is 5.96. The monoisotopic (exact) mass is 365 g/mol. The fourth-order valence-electron chi connectivity index (χ4n) is 3.57. The summed E-state index contributed by atoms with van der Waals surface area (Å²) in [5.41, 5.74) is 9.03. The molecule has 0 unspecified atom stereocenters. The van der Waals surface area contributed by atoms with Crippen molar-refractivity contribution in [3.05, 3.63) is 54.9 Å². The third-order valence-electron chi connectivity index (χ3n) is 5.12. The van der Waals surface area contributed by atoms with Crippen molar-refractivity contribution < 1.29 is 4.74 Å². The van der Waals surface area contributed by atoms with Gasteiger partial charge in [0.2, 0.25) is 0 Å². The lowest BCUT2D eigenvalue weighted by atomic mass is 10.2. The highest BCUT2D eigenvalue weighted by Crippen LogP contribution is 2.19. The van der Waals surface area contributed by atoms with E-state index < -0.39 is 0 Å². The van der Waals surface area contributed by atoms with Crippen molar-refractivity contribution in [2.24, 2.45) is 0 Å². The molecule has 4 rings (SSSR count). The summed E-state index contributed by atoms with van der Waals surface area (Å²) in [6.45, 7) is 6.22. The van der Waals surface area contributed by atoms with E-state index in [1.807, 2.05) is 41.0 Å². The molecule has 1 fully saturated rings. The number of nitrogens with two attached hydrogens (primary N) is 1. The van der Waals surface area contributed by atoms with Crippen LogP contribution in [0.15, 0.2) is 54.9 Å². The van der Waals surface area contributed by atoms with Crippen LogP contribution >= 0.6 is 0 Å². The van der Waals surface area contributed by atoms with Gasteiger partial charge in [0.05, 0.1) is 12.1 Å². The average molecular weight is 365 g/mol. The molecule has 1 saturated heterocycles. The molecule has 0 radical (unpaired) electrons. The maximum Gasteiger partial charge on any atom is 0.122 e. The molecular weight excluding hydrogens is 338 g/mol. The van der Waals surface area contributed by atoms with Crippen LogP contribution < -0.4 is 15.4 Å². The van der Waals surface area contributed by atoms with Gasteiger partial charge in [-0.3, -0.25) is 4.90 Å². The zero-order chi connectivity index (χ0) is 18.5. The molecule has 27 heavy (non-hydrogen) atoms. The van der Waals surface area contributed by atoms with Crippen molar-refractivity contribution in [2.45, 2.75) is 12.8 Å². The molecule has 0 amide bonds. The Morgan fingerprint density at radius 3 is 2.74 bits per heavy atom. The molecule has 2 aromatic heterocycles. The SMILES string of the molecule is Nc1cccc(N2CCN(CCCCOc3ccn4nccc4c3)CC2)c1. The van der Waals surface area contributed by atoms with Crippen LogP contribution in [0.2, 0.25) is 0 Å². The lowest BCUT2D eigenvalue weighted by molar-refractivity contribution is 0.238. The van der Waals surface area contributed by atoms with Crippen LogP contribution in [0.5, 0.6) is 5.75 Å². The zero-order valence-corrected chi connectivity index (χ0v) is 15.6. The Morgan fingerprint density at radius 1 is 1.00 bits per heavy atom. The van der Waals surface area contributed by atoms with Gasteiger partial charge in [0.25, 0.3) is 0 Å². The molecule has 2 N–H and O–H groups in total. The molecule has 1 aromatic carbocycles. The number of unbranched alkanes of at least 4 members (excludes halogenated alkanes) is 1. The van der Waals surface area contributed by atoms with Gasteiger partial charge in [-0.05, 0) is 49.7 Å². The lowest BCUT2D eigenvalue weighted by Gasteiger charge is -2.36. The van der Waals surface area contributed by atoms with Gasteiger partial charge in [-0.1, -0.05) is 6.07 Å². The van der Waals surface area contributed by atoms with E-state index in [0.717, 1.165) is 69.1 Å². The fraction of sp³-hybridized carbons (Fsp3) is 0.381. The predicted octanol–water partition coefficient (Wildman–Crippen LogP) is 2.90. The van der Waals surface area contributed by atoms with Gasteiger partial charge in [0.1, 0.15) is 5.75 Å². The number of fused-ring (bicyclic) bond motifs is 1. The standard InChI is InChI=1S/C21H27N5O/c22-18-4-3-5-19(16-18)25-13-11-24(12-14-25)9-1-2-15-27-21-7-10-26-20(17-21)6-8-23-26/h3-8,10,16-17H,1-2,9,11-15,22H2. The Labute approximate surface area is 160 Å². The highest BCUT2D eigenvalue weighted by Gasteiger charge is 2.16. The Hall–Kier alpha value is -2.73. The maximum absolute atomic E-state index is 5.90.